The van der Waals surface area contributed by atoms with E-state index < -0.39 is 35.3 Å². The lowest BCUT2D eigenvalue weighted by Crippen LogP contribution is -2.49. The molecule has 1 saturated carbocycles. The van der Waals surface area contributed by atoms with Crippen molar-refractivity contribution in [2.24, 2.45) is 0 Å². The van der Waals surface area contributed by atoms with Crippen molar-refractivity contribution in [2.45, 2.75) is 25.2 Å². The molecular weight excluding hydrogens is 393 g/mol. The van der Waals surface area contributed by atoms with Crippen LogP contribution < -0.4 is 4.90 Å². The van der Waals surface area contributed by atoms with Crippen LogP contribution in [0.25, 0.3) is 0 Å². The Balaban J connectivity index is 1.41. The second-order valence-corrected chi connectivity index (χ2v) is 7.47. The lowest BCUT2D eigenvalue weighted by atomic mass is 10.0. The minimum atomic E-state index is -1.25. The number of aromatic nitrogens is 2. The number of benzene rings is 1. The Morgan fingerprint density at radius 1 is 1.07 bits per heavy atom. The molecule has 2 aromatic rings. The average molecular weight is 411 g/mol. The molecule has 148 valence electrons. The molecule has 2 fully saturated rings. The zero-order valence-electron chi connectivity index (χ0n) is 15.0. The number of amides is 1. The second kappa shape index (κ2) is 7.58. The Morgan fingerprint density at radius 2 is 1.79 bits per heavy atom. The maximum atomic E-state index is 14.3. The van der Waals surface area contributed by atoms with Gasteiger partial charge in [-0.2, -0.15) is 0 Å². The quantitative estimate of drug-likeness (QED) is 0.726. The highest BCUT2D eigenvalue weighted by molar-refractivity contribution is 6.29. The highest BCUT2D eigenvalue weighted by atomic mass is 35.5. The van der Waals surface area contributed by atoms with Gasteiger partial charge in [-0.05, 0) is 42.5 Å². The summed E-state index contributed by atoms with van der Waals surface area (Å²) in [6, 6.07) is 4.41. The molecule has 28 heavy (non-hydrogen) atoms. The maximum absolute atomic E-state index is 14.3. The average Bonchev–Trinajstić information content (AvgIpc) is 3.54. The van der Waals surface area contributed by atoms with Gasteiger partial charge in [-0.3, -0.25) is 4.79 Å². The van der Waals surface area contributed by atoms with Gasteiger partial charge >= 0.3 is 0 Å². The van der Waals surface area contributed by atoms with Crippen LogP contribution in [-0.2, 0) is 11.2 Å². The molecule has 0 N–H and O–H groups in total. The van der Waals surface area contributed by atoms with Crippen LogP contribution in [0.2, 0.25) is 5.15 Å². The van der Waals surface area contributed by atoms with Crippen LogP contribution >= 0.6 is 11.6 Å². The first-order valence-corrected chi connectivity index (χ1v) is 9.50. The molecule has 9 heteroatoms. The zero-order chi connectivity index (χ0) is 19.8. The molecule has 2 aliphatic rings. The summed E-state index contributed by atoms with van der Waals surface area (Å²) in [5.41, 5.74) is -0.429. The molecule has 2 heterocycles. The molecule has 1 aromatic carbocycles. The van der Waals surface area contributed by atoms with E-state index in [1.165, 1.54) is 4.90 Å². The summed E-state index contributed by atoms with van der Waals surface area (Å²) in [6.45, 7) is 1.74. The first-order valence-electron chi connectivity index (χ1n) is 9.12. The largest absolute Gasteiger partial charge is 0.352 e. The van der Waals surface area contributed by atoms with Crippen LogP contribution in [0.4, 0.5) is 19.0 Å². The molecule has 1 aromatic heterocycles. The number of carbonyl (C=O) groups excluding carboxylic acids is 1. The first kappa shape index (κ1) is 19.0. The van der Waals surface area contributed by atoms with Crippen LogP contribution in [0.15, 0.2) is 18.2 Å². The number of rotatable bonds is 4. The third-order valence-corrected chi connectivity index (χ3v) is 5.40. The molecule has 1 saturated heterocycles. The van der Waals surface area contributed by atoms with E-state index in [1.54, 1.807) is 12.1 Å². The second-order valence-electron chi connectivity index (χ2n) is 7.09. The maximum Gasteiger partial charge on any atom is 0.227 e. The lowest BCUT2D eigenvalue weighted by Gasteiger charge is -2.35. The van der Waals surface area contributed by atoms with Crippen LogP contribution in [0, 0.1) is 17.5 Å². The number of hydrogen-bond acceptors (Lipinski definition) is 4. The molecule has 0 bridgehead atoms. The fraction of sp³-hybridized carbons (Fsp3) is 0.421. The monoisotopic (exact) mass is 410 g/mol. The Labute approximate surface area is 165 Å². The molecule has 1 aliphatic carbocycles. The van der Waals surface area contributed by atoms with Gasteiger partial charge in [0.25, 0.3) is 0 Å². The zero-order valence-corrected chi connectivity index (χ0v) is 15.7. The lowest BCUT2D eigenvalue weighted by molar-refractivity contribution is -0.130. The molecule has 1 amide bonds. The number of carbonyl (C=O) groups is 1. The number of anilines is 1. The van der Waals surface area contributed by atoms with Gasteiger partial charge in [0, 0.05) is 31.7 Å². The number of nitrogens with zero attached hydrogens (tertiary/aromatic N) is 4. The fourth-order valence-electron chi connectivity index (χ4n) is 3.43. The predicted octanol–water partition coefficient (Wildman–Crippen LogP) is 3.32. The van der Waals surface area contributed by atoms with Gasteiger partial charge < -0.3 is 9.80 Å². The van der Waals surface area contributed by atoms with Crippen molar-refractivity contribution in [3.05, 3.63) is 51.9 Å². The van der Waals surface area contributed by atoms with Crippen molar-refractivity contribution in [2.75, 3.05) is 31.1 Å². The Kier molecular flexibility index (Phi) is 5.14. The van der Waals surface area contributed by atoms with E-state index in [9.17, 15) is 18.0 Å². The fourth-order valence-corrected chi connectivity index (χ4v) is 3.53. The molecular formula is C19H18ClF3N4O. The number of halogens is 4. The van der Waals surface area contributed by atoms with Crippen molar-refractivity contribution in [1.29, 1.82) is 0 Å². The smallest absolute Gasteiger partial charge is 0.227 e. The molecule has 5 nitrogen and oxygen atoms in total. The minimum Gasteiger partial charge on any atom is -0.352 e. The van der Waals surface area contributed by atoms with Crippen molar-refractivity contribution in [3.63, 3.8) is 0 Å². The summed E-state index contributed by atoms with van der Waals surface area (Å²) >= 11 is 5.73. The van der Waals surface area contributed by atoms with Crippen molar-refractivity contribution < 1.29 is 18.0 Å². The van der Waals surface area contributed by atoms with Crippen LogP contribution in [0.3, 0.4) is 0 Å². The number of piperazine rings is 1. The Hall–Kier alpha value is -2.35. The molecule has 1 aliphatic heterocycles. The van der Waals surface area contributed by atoms with Crippen molar-refractivity contribution in [3.8, 4) is 0 Å². The van der Waals surface area contributed by atoms with E-state index in [0.29, 0.717) is 37.1 Å². The van der Waals surface area contributed by atoms with E-state index in [2.05, 4.69) is 10.2 Å². The summed E-state index contributed by atoms with van der Waals surface area (Å²) in [4.78, 5) is 16.0. The highest BCUT2D eigenvalue weighted by Gasteiger charge is 2.32. The van der Waals surface area contributed by atoms with Gasteiger partial charge in [0.2, 0.25) is 5.91 Å². The first-order chi connectivity index (χ1) is 13.4. The van der Waals surface area contributed by atoms with Crippen LogP contribution in [0.1, 0.15) is 29.9 Å². The Morgan fingerprint density at radius 3 is 2.39 bits per heavy atom. The Bertz CT molecular complexity index is 897. The minimum absolute atomic E-state index is 0.0730. The van der Waals surface area contributed by atoms with E-state index in [-0.39, 0.29) is 11.5 Å². The normalized spacial score (nSPS) is 17.1. The summed E-state index contributed by atoms with van der Waals surface area (Å²) in [7, 11) is 0. The molecule has 0 atom stereocenters. The van der Waals surface area contributed by atoms with Gasteiger partial charge in [-0.25, -0.2) is 13.2 Å². The van der Waals surface area contributed by atoms with E-state index >= 15 is 0 Å². The van der Waals surface area contributed by atoms with Gasteiger partial charge in [-0.1, -0.05) is 11.6 Å². The summed E-state index contributed by atoms with van der Waals surface area (Å²) in [5.74, 6) is -3.03. The van der Waals surface area contributed by atoms with Gasteiger partial charge in [-0.15, -0.1) is 10.2 Å². The third-order valence-electron chi connectivity index (χ3n) is 5.20. The van der Waals surface area contributed by atoms with E-state index in [4.69, 9.17) is 11.6 Å². The molecule has 0 spiro atoms. The molecule has 0 unspecified atom stereocenters. The topological polar surface area (TPSA) is 49.3 Å². The SMILES string of the molecule is O=C(Cc1c(F)cc(C2CC2)c(F)c1F)N1CCN(c2ccc(Cl)nn2)CC1. The summed E-state index contributed by atoms with van der Waals surface area (Å²) in [5, 5.41) is 8.08. The van der Waals surface area contributed by atoms with Crippen LogP contribution in [0.5, 0.6) is 0 Å². The summed E-state index contributed by atoms with van der Waals surface area (Å²) < 4.78 is 42.8. The third kappa shape index (κ3) is 3.78. The molecule has 0 radical (unpaired) electrons. The van der Waals surface area contributed by atoms with Crippen LogP contribution in [-0.4, -0.2) is 47.2 Å². The van der Waals surface area contributed by atoms with Crippen molar-refractivity contribution >= 4 is 23.3 Å². The molecule has 4 rings (SSSR count). The summed E-state index contributed by atoms with van der Waals surface area (Å²) in [6.07, 6.45) is 0.965. The van der Waals surface area contributed by atoms with E-state index in [1.807, 2.05) is 4.90 Å². The van der Waals surface area contributed by atoms with E-state index in [0.717, 1.165) is 18.9 Å². The van der Waals surface area contributed by atoms with Gasteiger partial charge in [0.15, 0.2) is 22.6 Å². The van der Waals surface area contributed by atoms with Gasteiger partial charge in [0.1, 0.15) is 5.82 Å². The van der Waals surface area contributed by atoms with Crippen molar-refractivity contribution in [1.82, 2.24) is 15.1 Å². The standard InChI is InChI=1S/C19H18ClF3N4O/c20-15-3-4-16(25-24-15)26-5-7-27(8-6-26)17(28)10-13-14(21)9-12(11-1-2-11)18(22)19(13)23/h3-4,9,11H,1-2,5-8,10H2. The number of hydrogen-bond donors (Lipinski definition) is 0. The predicted molar refractivity (Wildman–Crippen MR) is 97.8 cm³/mol. The van der Waals surface area contributed by atoms with Gasteiger partial charge in [0.05, 0.1) is 6.42 Å². The highest BCUT2D eigenvalue weighted by Crippen LogP contribution is 2.42.